The highest BCUT2D eigenvalue weighted by Gasteiger charge is 2.15. The molecule has 0 spiro atoms. The number of ether oxygens (including phenoxy) is 2. The van der Waals surface area contributed by atoms with Crippen molar-refractivity contribution < 1.29 is 9.47 Å². The fourth-order valence-electron chi connectivity index (χ4n) is 1.83. The van der Waals surface area contributed by atoms with Crippen LogP contribution >= 0.6 is 0 Å². The molecular weight excluding hydrogens is 240 g/mol. The molecule has 4 unspecified atom stereocenters. The summed E-state index contributed by atoms with van der Waals surface area (Å²) in [7, 11) is 0. The second-order valence-corrected chi connectivity index (χ2v) is 4.99. The van der Waals surface area contributed by atoms with Gasteiger partial charge in [-0.15, -0.1) is 0 Å². The highest BCUT2D eigenvalue weighted by atomic mass is 16.5. The molecule has 116 valence electrons. The van der Waals surface area contributed by atoms with Gasteiger partial charge in [-0.2, -0.15) is 0 Å². The molecule has 0 aromatic carbocycles. The summed E-state index contributed by atoms with van der Waals surface area (Å²) in [5.41, 5.74) is 0. The predicted octanol–water partition coefficient (Wildman–Crippen LogP) is 2.18. The van der Waals surface area contributed by atoms with E-state index in [1.807, 2.05) is 13.8 Å². The van der Waals surface area contributed by atoms with Crippen LogP contribution in [-0.4, -0.2) is 50.6 Å². The second kappa shape index (κ2) is 11.6. The van der Waals surface area contributed by atoms with E-state index in [1.54, 1.807) is 0 Å². The lowest BCUT2D eigenvalue weighted by Crippen LogP contribution is -2.44. The lowest BCUT2D eigenvalue weighted by molar-refractivity contribution is 0.00650. The molecule has 2 fully saturated rings. The maximum Gasteiger partial charge on any atom is 0.0697 e. The zero-order chi connectivity index (χ0) is 14.7. The first kappa shape index (κ1) is 18.8. The number of rotatable bonds is 1. The monoisotopic (exact) mass is 274 g/mol. The maximum atomic E-state index is 5.48. The summed E-state index contributed by atoms with van der Waals surface area (Å²) >= 11 is 0. The minimum absolute atomic E-state index is 0.392. The highest BCUT2D eigenvalue weighted by molar-refractivity contribution is 4.72. The largest absolute Gasteiger partial charge is 0.376 e. The summed E-state index contributed by atoms with van der Waals surface area (Å²) in [5.74, 6) is 0. The Balaban J connectivity index is 0.000000303. The van der Waals surface area contributed by atoms with Crippen LogP contribution in [0.2, 0.25) is 0 Å². The maximum absolute atomic E-state index is 5.48. The summed E-state index contributed by atoms with van der Waals surface area (Å²) in [6.07, 6.45) is 1.98. The van der Waals surface area contributed by atoms with Gasteiger partial charge in [0.2, 0.25) is 0 Å². The molecule has 0 aliphatic carbocycles. The molecular formula is C15H34N2O2. The number of hydrogen-bond donors (Lipinski definition) is 2. The van der Waals surface area contributed by atoms with Crippen molar-refractivity contribution in [1.82, 2.24) is 10.6 Å². The molecule has 2 aliphatic heterocycles. The Hall–Kier alpha value is -0.160. The topological polar surface area (TPSA) is 42.5 Å². The van der Waals surface area contributed by atoms with Gasteiger partial charge in [0, 0.05) is 25.2 Å². The van der Waals surface area contributed by atoms with Crippen molar-refractivity contribution in [3.05, 3.63) is 0 Å². The zero-order valence-electron chi connectivity index (χ0n) is 13.7. The Morgan fingerprint density at radius 3 is 2.11 bits per heavy atom. The minimum atomic E-state index is 0.392. The summed E-state index contributed by atoms with van der Waals surface area (Å²) < 4.78 is 10.8. The van der Waals surface area contributed by atoms with Crippen molar-refractivity contribution in [2.24, 2.45) is 0 Å². The van der Waals surface area contributed by atoms with Crippen LogP contribution in [0.5, 0.6) is 0 Å². The fraction of sp³-hybridized carbons (Fsp3) is 1.00. The van der Waals surface area contributed by atoms with Crippen LogP contribution in [0.4, 0.5) is 0 Å². The predicted molar refractivity (Wildman–Crippen MR) is 81.7 cm³/mol. The summed E-state index contributed by atoms with van der Waals surface area (Å²) in [6, 6.07) is 1.08. The van der Waals surface area contributed by atoms with Crippen molar-refractivity contribution in [3.63, 3.8) is 0 Å². The van der Waals surface area contributed by atoms with Crippen molar-refractivity contribution in [1.29, 1.82) is 0 Å². The first-order chi connectivity index (χ1) is 9.13. The van der Waals surface area contributed by atoms with Gasteiger partial charge in [-0.25, -0.2) is 0 Å². The van der Waals surface area contributed by atoms with Crippen molar-refractivity contribution in [2.45, 2.75) is 72.3 Å². The normalized spacial score (nSPS) is 34.4. The second-order valence-electron chi connectivity index (χ2n) is 4.99. The third-order valence-electron chi connectivity index (χ3n) is 3.38. The van der Waals surface area contributed by atoms with Gasteiger partial charge in [0.1, 0.15) is 0 Å². The standard InChI is InChI=1S/C7H15NO.C6H13NO.C2H6/c1-3-7-4-8-6(2)5-9-7;1-5-6(2)8-4-3-7-5;1-2/h6-8H,3-5H2,1-2H3;5-7H,3-4H2,1-2H3;1-2H3. The molecule has 0 saturated carbocycles. The molecule has 2 rings (SSSR count). The average molecular weight is 274 g/mol. The first-order valence-corrected chi connectivity index (χ1v) is 7.83. The van der Waals surface area contributed by atoms with Gasteiger partial charge in [-0.3, -0.25) is 0 Å². The van der Waals surface area contributed by atoms with Crippen LogP contribution in [0.1, 0.15) is 48.0 Å². The first-order valence-electron chi connectivity index (χ1n) is 7.83. The Morgan fingerprint density at radius 1 is 1.05 bits per heavy atom. The van der Waals surface area contributed by atoms with Crippen LogP contribution < -0.4 is 10.6 Å². The van der Waals surface area contributed by atoms with Crippen molar-refractivity contribution in [2.75, 3.05) is 26.3 Å². The molecule has 2 N–H and O–H groups in total. The molecule has 4 atom stereocenters. The van der Waals surface area contributed by atoms with Gasteiger partial charge in [-0.1, -0.05) is 20.8 Å². The van der Waals surface area contributed by atoms with Gasteiger partial charge < -0.3 is 20.1 Å². The van der Waals surface area contributed by atoms with E-state index in [9.17, 15) is 0 Å². The van der Waals surface area contributed by atoms with Gasteiger partial charge >= 0.3 is 0 Å². The zero-order valence-corrected chi connectivity index (χ0v) is 13.7. The van der Waals surface area contributed by atoms with E-state index in [-0.39, 0.29) is 0 Å². The molecule has 4 heteroatoms. The van der Waals surface area contributed by atoms with Crippen LogP contribution in [0.15, 0.2) is 0 Å². The number of morpholine rings is 2. The van der Waals surface area contributed by atoms with E-state index in [1.165, 1.54) is 0 Å². The molecule has 0 bridgehead atoms. The molecule has 2 heterocycles. The average Bonchev–Trinajstić information content (AvgIpc) is 2.46. The van der Waals surface area contributed by atoms with E-state index in [0.29, 0.717) is 24.3 Å². The highest BCUT2D eigenvalue weighted by Crippen LogP contribution is 2.03. The molecule has 19 heavy (non-hydrogen) atoms. The van der Waals surface area contributed by atoms with Gasteiger partial charge in [0.25, 0.3) is 0 Å². The quantitative estimate of drug-likeness (QED) is 0.769. The van der Waals surface area contributed by atoms with E-state index in [0.717, 1.165) is 32.7 Å². The van der Waals surface area contributed by atoms with Crippen molar-refractivity contribution in [3.8, 4) is 0 Å². The fourth-order valence-corrected chi connectivity index (χ4v) is 1.83. The van der Waals surface area contributed by atoms with Gasteiger partial charge in [-0.05, 0) is 27.2 Å². The molecule has 2 saturated heterocycles. The Bertz CT molecular complexity index is 185. The third kappa shape index (κ3) is 8.58. The smallest absolute Gasteiger partial charge is 0.0697 e. The van der Waals surface area contributed by atoms with Gasteiger partial charge in [0.05, 0.1) is 25.4 Å². The number of nitrogens with one attached hydrogen (secondary N) is 2. The van der Waals surface area contributed by atoms with Crippen LogP contribution in [0.3, 0.4) is 0 Å². The molecule has 2 aliphatic rings. The molecule has 0 radical (unpaired) electrons. The summed E-state index contributed by atoms with van der Waals surface area (Å²) in [5, 5.41) is 6.66. The lowest BCUT2D eigenvalue weighted by atomic mass is 10.2. The van der Waals surface area contributed by atoms with Gasteiger partial charge in [0.15, 0.2) is 0 Å². The van der Waals surface area contributed by atoms with E-state index >= 15 is 0 Å². The SMILES string of the molecule is CC.CC1NCCOC1C.CCC1CNC(C)CO1. The molecule has 4 nitrogen and oxygen atoms in total. The summed E-state index contributed by atoms with van der Waals surface area (Å²) in [4.78, 5) is 0. The van der Waals surface area contributed by atoms with Crippen LogP contribution in [0, 0.1) is 0 Å². The third-order valence-corrected chi connectivity index (χ3v) is 3.38. The Labute approximate surface area is 119 Å². The van der Waals surface area contributed by atoms with E-state index in [4.69, 9.17) is 9.47 Å². The molecule has 0 aromatic rings. The Morgan fingerprint density at radius 2 is 1.74 bits per heavy atom. The summed E-state index contributed by atoms with van der Waals surface area (Å²) in [6.45, 7) is 16.3. The lowest BCUT2D eigenvalue weighted by Gasteiger charge is -2.27. The number of hydrogen-bond acceptors (Lipinski definition) is 4. The van der Waals surface area contributed by atoms with Crippen LogP contribution in [-0.2, 0) is 9.47 Å². The van der Waals surface area contributed by atoms with Crippen molar-refractivity contribution >= 4 is 0 Å². The Kier molecular flexibility index (Phi) is 11.6. The molecule has 0 amide bonds. The molecule has 0 aromatic heterocycles. The minimum Gasteiger partial charge on any atom is -0.376 e. The van der Waals surface area contributed by atoms with Crippen LogP contribution in [0.25, 0.3) is 0 Å². The van der Waals surface area contributed by atoms with E-state index in [2.05, 4.69) is 38.3 Å². The van der Waals surface area contributed by atoms with E-state index < -0.39 is 0 Å².